The van der Waals surface area contributed by atoms with Crippen LogP contribution in [-0.4, -0.2) is 23.7 Å². The van der Waals surface area contributed by atoms with Gasteiger partial charge in [0.15, 0.2) is 0 Å². The first-order chi connectivity index (χ1) is 4.52. The number of halogens is 1. The topological polar surface area (TPSA) is 52.0 Å². The van der Waals surface area contributed by atoms with Crippen LogP contribution in [0.4, 0.5) is 0 Å². The third kappa shape index (κ3) is 1.30. The minimum Gasteiger partial charge on any atom is -0.232 e. The smallest absolute Gasteiger partial charge is 0.232 e. The molecule has 1 heterocycles. The summed E-state index contributed by atoms with van der Waals surface area (Å²) in [7, 11) is -3.27. The maximum atomic E-state index is 10.7. The lowest BCUT2D eigenvalue weighted by molar-refractivity contribution is 0.593. The summed E-state index contributed by atoms with van der Waals surface area (Å²) < 4.78 is 22.4. The van der Waals surface area contributed by atoms with Crippen LogP contribution in [0, 0.1) is 0 Å². The van der Waals surface area contributed by atoms with E-state index >= 15 is 0 Å². The summed E-state index contributed by atoms with van der Waals surface area (Å²) in [6.07, 6.45) is 3.73. The van der Waals surface area contributed by atoms with Crippen molar-refractivity contribution in [3.05, 3.63) is 12.4 Å². The number of hydrogen-bond acceptors (Lipinski definition) is 3. The quantitative estimate of drug-likeness (QED) is 0.624. The number of nitrogens with zero attached hydrogens (tertiary/aromatic N) is 2. The lowest BCUT2D eigenvalue weighted by Gasteiger charge is -1.92. The van der Waals surface area contributed by atoms with Gasteiger partial charge in [-0.05, 0) is 0 Å². The van der Waals surface area contributed by atoms with Crippen molar-refractivity contribution < 1.29 is 8.42 Å². The van der Waals surface area contributed by atoms with Crippen molar-refractivity contribution in [1.82, 2.24) is 9.07 Å². The Bertz CT molecular complexity index is 329. The van der Waals surface area contributed by atoms with E-state index in [9.17, 15) is 8.42 Å². The van der Waals surface area contributed by atoms with Gasteiger partial charge in [-0.15, -0.1) is 0 Å². The van der Waals surface area contributed by atoms with Crippen molar-refractivity contribution in [3.63, 3.8) is 0 Å². The molecule has 0 aliphatic heterocycles. The highest BCUT2D eigenvalue weighted by molar-refractivity contribution is 7.90. The monoisotopic (exact) mass is 180 g/mol. The van der Waals surface area contributed by atoms with E-state index in [2.05, 4.69) is 4.98 Å². The van der Waals surface area contributed by atoms with Crippen LogP contribution in [0.3, 0.4) is 0 Å². The van der Waals surface area contributed by atoms with E-state index in [0.717, 1.165) is 10.3 Å². The first-order valence-corrected chi connectivity index (χ1v) is 4.64. The first kappa shape index (κ1) is 7.56. The summed E-state index contributed by atoms with van der Waals surface area (Å²) in [5, 5.41) is -0.130. The van der Waals surface area contributed by atoms with Gasteiger partial charge in [0.2, 0.25) is 15.0 Å². The van der Waals surface area contributed by atoms with Gasteiger partial charge in [-0.3, -0.25) is 0 Å². The molecule has 0 saturated carbocycles. The fourth-order valence-electron chi connectivity index (χ4n) is 0.529. The van der Waals surface area contributed by atoms with Gasteiger partial charge in [0.05, 0.1) is 0 Å². The number of aromatic nitrogens is 2. The molecule has 1 aromatic rings. The minimum absolute atomic E-state index is 0.130. The third-order valence-electron chi connectivity index (χ3n) is 0.897. The summed E-state index contributed by atoms with van der Waals surface area (Å²) in [4.78, 5) is 3.53. The Labute approximate surface area is 63.5 Å². The van der Waals surface area contributed by atoms with E-state index in [1.807, 2.05) is 0 Å². The van der Waals surface area contributed by atoms with Crippen LogP contribution < -0.4 is 0 Å². The highest BCUT2D eigenvalue weighted by Gasteiger charge is 2.12. The largest absolute Gasteiger partial charge is 0.242 e. The Morgan fingerprint density at radius 1 is 1.70 bits per heavy atom. The van der Waals surface area contributed by atoms with Crippen LogP contribution in [0.2, 0.25) is 0 Å². The molecule has 10 heavy (non-hydrogen) atoms. The van der Waals surface area contributed by atoms with Gasteiger partial charge in [0, 0.05) is 30.4 Å². The average Bonchev–Trinajstić information content (AvgIpc) is 2.11. The van der Waals surface area contributed by atoms with Crippen molar-refractivity contribution in [3.8, 4) is 0 Å². The van der Waals surface area contributed by atoms with Gasteiger partial charge in [-0.2, -0.15) is 0 Å². The van der Waals surface area contributed by atoms with E-state index in [1.165, 1.54) is 12.4 Å². The Kier molecular flexibility index (Phi) is 1.70. The molecule has 0 atom stereocenters. The van der Waals surface area contributed by atoms with Crippen molar-refractivity contribution in [2.24, 2.45) is 0 Å². The number of sulfone groups is 1. The molecule has 0 radical (unpaired) electrons. The molecule has 4 nitrogen and oxygen atoms in total. The van der Waals surface area contributed by atoms with Crippen LogP contribution >= 0.6 is 11.8 Å². The normalized spacial score (nSPS) is 11.8. The van der Waals surface area contributed by atoms with Crippen LogP contribution in [0.5, 0.6) is 0 Å². The fourth-order valence-corrected chi connectivity index (χ4v) is 1.63. The van der Waals surface area contributed by atoms with Crippen LogP contribution in [0.25, 0.3) is 0 Å². The molecule has 0 unspecified atom stereocenters. The predicted molar refractivity (Wildman–Crippen MR) is 36.6 cm³/mol. The van der Waals surface area contributed by atoms with Crippen LogP contribution in [0.15, 0.2) is 17.6 Å². The van der Waals surface area contributed by atoms with Gasteiger partial charge in [-0.25, -0.2) is 17.5 Å². The zero-order valence-corrected chi connectivity index (χ0v) is 6.72. The number of imidazole rings is 1. The molecule has 1 aromatic heterocycles. The first-order valence-electron chi connectivity index (χ1n) is 2.41. The van der Waals surface area contributed by atoms with Crippen LogP contribution in [0.1, 0.15) is 0 Å². The molecule has 0 aliphatic carbocycles. The molecule has 0 amide bonds. The second-order valence-electron chi connectivity index (χ2n) is 1.79. The summed E-state index contributed by atoms with van der Waals surface area (Å²) in [6.45, 7) is 0. The highest BCUT2D eigenvalue weighted by Crippen LogP contribution is 2.05. The lowest BCUT2D eigenvalue weighted by Crippen LogP contribution is -2.02. The van der Waals surface area contributed by atoms with E-state index in [-0.39, 0.29) is 5.16 Å². The van der Waals surface area contributed by atoms with Crippen LogP contribution in [-0.2, 0) is 9.84 Å². The summed E-state index contributed by atoms with van der Waals surface area (Å²) in [5.41, 5.74) is 0. The Hall–Kier alpha value is -0.550. The molecule has 56 valence electrons. The molecule has 0 N–H and O–H groups in total. The fraction of sp³-hybridized carbons (Fsp3) is 0.250. The van der Waals surface area contributed by atoms with E-state index in [0.29, 0.717) is 0 Å². The highest BCUT2D eigenvalue weighted by atomic mass is 35.5. The van der Waals surface area contributed by atoms with Crippen molar-refractivity contribution >= 4 is 21.6 Å². The average molecular weight is 181 g/mol. The van der Waals surface area contributed by atoms with E-state index in [1.54, 1.807) is 0 Å². The zero-order valence-electron chi connectivity index (χ0n) is 5.15. The maximum Gasteiger partial charge on any atom is 0.242 e. The zero-order chi connectivity index (χ0) is 7.78. The molecule has 0 fully saturated rings. The van der Waals surface area contributed by atoms with Gasteiger partial charge in [-0.1, -0.05) is 0 Å². The molecule has 0 aromatic carbocycles. The molecule has 0 bridgehead atoms. The van der Waals surface area contributed by atoms with Gasteiger partial charge in [0.1, 0.15) is 0 Å². The van der Waals surface area contributed by atoms with Gasteiger partial charge >= 0.3 is 0 Å². The number of hydrogen-bond donors (Lipinski definition) is 0. The third-order valence-corrected chi connectivity index (χ3v) is 2.24. The standard InChI is InChI=1S/C4H5ClN2O2S/c1-10(8,9)4-6-2-3-7(4)5/h2-3H,1H3. The molecule has 1 rings (SSSR count). The van der Waals surface area contributed by atoms with Crippen molar-refractivity contribution in [1.29, 1.82) is 0 Å². The summed E-state index contributed by atoms with van der Waals surface area (Å²) in [6, 6.07) is 0. The molecule has 0 spiro atoms. The second kappa shape index (κ2) is 2.25. The van der Waals surface area contributed by atoms with E-state index in [4.69, 9.17) is 11.8 Å². The SMILES string of the molecule is CS(=O)(=O)c1nccn1Cl. The molecular weight excluding hydrogens is 176 g/mol. The Balaban J connectivity index is 3.32. The molecule has 0 saturated heterocycles. The number of rotatable bonds is 1. The Morgan fingerprint density at radius 2 is 2.30 bits per heavy atom. The Morgan fingerprint density at radius 3 is 2.50 bits per heavy atom. The predicted octanol–water partition coefficient (Wildman–Crippen LogP) is 0.288. The summed E-state index contributed by atoms with van der Waals surface area (Å²) >= 11 is 5.40. The molecule has 0 aliphatic rings. The minimum atomic E-state index is -3.27. The molecule has 6 heteroatoms. The van der Waals surface area contributed by atoms with Crippen molar-refractivity contribution in [2.75, 3.05) is 6.26 Å². The van der Waals surface area contributed by atoms with Gasteiger partial charge in [0.25, 0.3) is 0 Å². The van der Waals surface area contributed by atoms with Crippen molar-refractivity contribution in [2.45, 2.75) is 5.16 Å². The molecular formula is C4H5ClN2O2S. The van der Waals surface area contributed by atoms with E-state index < -0.39 is 9.84 Å². The maximum absolute atomic E-state index is 10.7. The second-order valence-corrected chi connectivity index (χ2v) is 4.07. The summed E-state index contributed by atoms with van der Waals surface area (Å²) in [5.74, 6) is 0. The lowest BCUT2D eigenvalue weighted by atomic mass is 11.0. The van der Waals surface area contributed by atoms with Gasteiger partial charge < -0.3 is 0 Å².